The highest BCUT2D eigenvalue weighted by Gasteiger charge is 2.21. The summed E-state index contributed by atoms with van der Waals surface area (Å²) in [4.78, 5) is 22.9. The van der Waals surface area contributed by atoms with Crippen LogP contribution in [0.25, 0.3) is 0 Å². The second-order valence-electron chi connectivity index (χ2n) is 2.78. The number of carbonyl (C=O) groups is 2. The molecule has 1 aliphatic rings. The van der Waals surface area contributed by atoms with Crippen LogP contribution in [0.3, 0.4) is 0 Å². The molecule has 1 aromatic heterocycles. The molecule has 0 spiro atoms. The minimum absolute atomic E-state index is 0.0231. The molecular weight excluding hydrogens is 190 g/mol. The predicted octanol–water partition coefficient (Wildman–Crippen LogP) is 0.732. The summed E-state index contributed by atoms with van der Waals surface area (Å²) in [6, 6.07) is 1.46. The van der Waals surface area contributed by atoms with Gasteiger partial charge in [0.1, 0.15) is 4.88 Å². The molecule has 4 nitrogen and oxygen atoms in total. The zero-order valence-corrected chi connectivity index (χ0v) is 7.48. The van der Waals surface area contributed by atoms with Gasteiger partial charge in [-0.2, -0.15) is 0 Å². The fourth-order valence-corrected chi connectivity index (χ4v) is 2.27. The van der Waals surface area contributed by atoms with Crippen LogP contribution in [0.2, 0.25) is 0 Å². The summed E-state index contributed by atoms with van der Waals surface area (Å²) >= 11 is 1.16. The third-order valence-corrected chi connectivity index (χ3v) is 3.01. The molecule has 2 rings (SSSR count). The van der Waals surface area contributed by atoms with Gasteiger partial charge in [0, 0.05) is 17.0 Å². The Kier molecular flexibility index (Phi) is 1.90. The largest absolute Gasteiger partial charge is 0.477 e. The lowest BCUT2D eigenvalue weighted by atomic mass is 10.1. The lowest BCUT2D eigenvalue weighted by molar-refractivity contribution is 0.0702. The number of hydrogen-bond acceptors (Lipinski definition) is 4. The van der Waals surface area contributed by atoms with Crippen molar-refractivity contribution in [3.63, 3.8) is 0 Å². The van der Waals surface area contributed by atoms with Gasteiger partial charge in [-0.15, -0.1) is 11.3 Å². The Morgan fingerprint density at radius 2 is 2.31 bits per heavy atom. The highest BCUT2D eigenvalue weighted by Crippen LogP contribution is 2.24. The van der Waals surface area contributed by atoms with Gasteiger partial charge in [0.2, 0.25) is 0 Å². The van der Waals surface area contributed by atoms with Crippen LogP contribution < -0.4 is 5.32 Å². The normalized spacial score (nSPS) is 15.5. The number of aromatic carboxylic acids is 1. The van der Waals surface area contributed by atoms with Gasteiger partial charge < -0.3 is 10.4 Å². The number of ketones is 1. The first kappa shape index (κ1) is 8.40. The molecule has 13 heavy (non-hydrogen) atoms. The average Bonchev–Trinajstić information content (AvgIpc) is 2.49. The van der Waals surface area contributed by atoms with Crippen molar-refractivity contribution in [3.05, 3.63) is 21.4 Å². The highest BCUT2D eigenvalue weighted by molar-refractivity contribution is 7.14. The first-order valence-corrected chi connectivity index (χ1v) is 4.60. The Morgan fingerprint density at radius 1 is 1.54 bits per heavy atom. The van der Waals surface area contributed by atoms with E-state index in [-0.39, 0.29) is 10.7 Å². The molecule has 0 atom stereocenters. The first-order chi connectivity index (χ1) is 6.18. The quantitative estimate of drug-likeness (QED) is 0.696. The van der Waals surface area contributed by atoms with Crippen molar-refractivity contribution in [1.82, 2.24) is 5.32 Å². The summed E-state index contributed by atoms with van der Waals surface area (Å²) < 4.78 is 0. The van der Waals surface area contributed by atoms with Crippen molar-refractivity contribution in [2.45, 2.75) is 6.54 Å². The van der Waals surface area contributed by atoms with E-state index in [0.717, 1.165) is 16.2 Å². The standard InChI is InChI=1S/C8H7NO3S/c10-5-2-9-3-7-4(5)1-6(13-7)8(11)12/h1,9H,2-3H2,(H,11,12). The van der Waals surface area contributed by atoms with Crippen LogP contribution in [-0.2, 0) is 6.54 Å². The third kappa shape index (κ3) is 1.36. The maximum atomic E-state index is 11.3. The van der Waals surface area contributed by atoms with E-state index in [1.54, 1.807) is 0 Å². The van der Waals surface area contributed by atoms with Crippen LogP contribution in [0.4, 0.5) is 0 Å². The maximum absolute atomic E-state index is 11.3. The predicted molar refractivity (Wildman–Crippen MR) is 47.3 cm³/mol. The Balaban J connectivity index is 2.48. The van der Waals surface area contributed by atoms with E-state index in [2.05, 4.69) is 5.32 Å². The van der Waals surface area contributed by atoms with Crippen LogP contribution in [0.15, 0.2) is 6.07 Å². The molecule has 0 aliphatic carbocycles. The summed E-state index contributed by atoms with van der Waals surface area (Å²) in [6.45, 7) is 0.905. The molecule has 0 saturated heterocycles. The lowest BCUT2D eigenvalue weighted by Crippen LogP contribution is -2.28. The summed E-state index contributed by atoms with van der Waals surface area (Å²) in [5.74, 6) is -0.989. The zero-order valence-electron chi connectivity index (χ0n) is 6.66. The Morgan fingerprint density at radius 3 is 2.92 bits per heavy atom. The van der Waals surface area contributed by atoms with E-state index in [4.69, 9.17) is 5.11 Å². The smallest absolute Gasteiger partial charge is 0.345 e. The minimum Gasteiger partial charge on any atom is -0.477 e. The maximum Gasteiger partial charge on any atom is 0.345 e. The van der Waals surface area contributed by atoms with Gasteiger partial charge in [-0.3, -0.25) is 4.79 Å². The van der Waals surface area contributed by atoms with Gasteiger partial charge in [-0.05, 0) is 6.07 Å². The number of thiophene rings is 1. The monoisotopic (exact) mass is 197 g/mol. The Labute approximate surface area is 78.2 Å². The summed E-state index contributed by atoms with van der Waals surface area (Å²) in [5, 5.41) is 11.6. The van der Waals surface area contributed by atoms with E-state index in [1.807, 2.05) is 0 Å². The molecular formula is C8H7NO3S. The van der Waals surface area contributed by atoms with E-state index in [0.29, 0.717) is 18.7 Å². The third-order valence-electron chi connectivity index (χ3n) is 1.89. The zero-order chi connectivity index (χ0) is 9.42. The molecule has 5 heteroatoms. The number of fused-ring (bicyclic) bond motifs is 1. The Bertz CT molecular complexity index is 383. The molecule has 0 unspecified atom stereocenters. The fourth-order valence-electron chi connectivity index (χ4n) is 1.29. The summed E-state index contributed by atoms with van der Waals surface area (Å²) in [5.41, 5.74) is 0.571. The van der Waals surface area contributed by atoms with Gasteiger partial charge in [0.25, 0.3) is 0 Å². The molecule has 0 bridgehead atoms. The number of carbonyl (C=O) groups excluding carboxylic acids is 1. The molecule has 0 fully saturated rings. The molecule has 0 radical (unpaired) electrons. The molecule has 68 valence electrons. The second-order valence-corrected chi connectivity index (χ2v) is 3.92. The molecule has 0 aromatic carbocycles. The molecule has 0 saturated carbocycles. The van der Waals surface area contributed by atoms with Gasteiger partial charge in [0.05, 0.1) is 6.54 Å². The van der Waals surface area contributed by atoms with Crippen molar-refractivity contribution in [2.75, 3.05) is 6.54 Å². The number of hydrogen-bond donors (Lipinski definition) is 2. The number of Topliss-reactive ketones (excluding diaryl/α,β-unsaturated/α-hetero) is 1. The van der Waals surface area contributed by atoms with E-state index >= 15 is 0 Å². The fraction of sp³-hybridized carbons (Fsp3) is 0.250. The van der Waals surface area contributed by atoms with Crippen molar-refractivity contribution in [1.29, 1.82) is 0 Å². The van der Waals surface area contributed by atoms with Crippen molar-refractivity contribution >= 4 is 23.1 Å². The molecule has 0 amide bonds. The van der Waals surface area contributed by atoms with Crippen LogP contribution >= 0.6 is 11.3 Å². The average molecular weight is 197 g/mol. The number of carboxylic acid groups (broad SMARTS) is 1. The van der Waals surface area contributed by atoms with Crippen molar-refractivity contribution < 1.29 is 14.7 Å². The van der Waals surface area contributed by atoms with Crippen LogP contribution in [0.5, 0.6) is 0 Å². The topological polar surface area (TPSA) is 66.4 Å². The van der Waals surface area contributed by atoms with E-state index in [9.17, 15) is 9.59 Å². The van der Waals surface area contributed by atoms with Crippen LogP contribution in [0.1, 0.15) is 24.9 Å². The van der Waals surface area contributed by atoms with Gasteiger partial charge >= 0.3 is 5.97 Å². The van der Waals surface area contributed by atoms with Gasteiger partial charge in [-0.1, -0.05) is 0 Å². The van der Waals surface area contributed by atoms with Crippen LogP contribution in [-0.4, -0.2) is 23.4 Å². The van der Waals surface area contributed by atoms with Gasteiger partial charge in [0.15, 0.2) is 5.78 Å². The minimum atomic E-state index is -0.966. The number of nitrogens with one attached hydrogen (secondary N) is 1. The summed E-state index contributed by atoms with van der Waals surface area (Å²) in [7, 11) is 0. The molecule has 2 heterocycles. The first-order valence-electron chi connectivity index (χ1n) is 3.78. The van der Waals surface area contributed by atoms with Gasteiger partial charge in [-0.25, -0.2) is 4.79 Å². The SMILES string of the molecule is O=C(O)c1cc2c(s1)CNCC2=O. The lowest BCUT2D eigenvalue weighted by Gasteiger charge is -2.09. The van der Waals surface area contributed by atoms with Crippen LogP contribution in [0, 0.1) is 0 Å². The molecule has 2 N–H and O–H groups in total. The Hall–Kier alpha value is -1.20. The number of carboxylic acids is 1. The molecule has 1 aromatic rings. The number of rotatable bonds is 1. The van der Waals surface area contributed by atoms with E-state index in [1.165, 1.54) is 6.07 Å². The molecule has 1 aliphatic heterocycles. The van der Waals surface area contributed by atoms with Crippen molar-refractivity contribution in [3.8, 4) is 0 Å². The van der Waals surface area contributed by atoms with Crippen molar-refractivity contribution in [2.24, 2.45) is 0 Å². The highest BCUT2D eigenvalue weighted by atomic mass is 32.1. The summed E-state index contributed by atoms with van der Waals surface area (Å²) in [6.07, 6.45) is 0. The second kappa shape index (κ2) is 2.93. The van der Waals surface area contributed by atoms with E-state index < -0.39 is 5.97 Å².